The van der Waals surface area contributed by atoms with Gasteiger partial charge >= 0.3 is 0 Å². The summed E-state index contributed by atoms with van der Waals surface area (Å²) in [5, 5.41) is 5.76. The highest BCUT2D eigenvalue weighted by atomic mass is 32.1. The lowest BCUT2D eigenvalue weighted by atomic mass is 10.2. The summed E-state index contributed by atoms with van der Waals surface area (Å²) in [4.78, 5) is 12.1. The van der Waals surface area contributed by atoms with Crippen molar-refractivity contribution in [2.45, 2.75) is 6.92 Å². The fraction of sp³-hybridized carbons (Fsp3) is 0.143. The van der Waals surface area contributed by atoms with Crippen molar-refractivity contribution in [1.29, 1.82) is 0 Å². The van der Waals surface area contributed by atoms with Gasteiger partial charge in [-0.25, -0.2) is 0 Å². The molecule has 27 heavy (non-hydrogen) atoms. The van der Waals surface area contributed by atoms with Gasteiger partial charge in [-0.3, -0.25) is 10.1 Å². The lowest BCUT2D eigenvalue weighted by Crippen LogP contribution is -2.32. The number of methoxy groups -OCH3 is 1. The van der Waals surface area contributed by atoms with Crippen molar-refractivity contribution in [3.8, 4) is 11.5 Å². The van der Waals surface area contributed by atoms with Gasteiger partial charge in [-0.1, -0.05) is 30.8 Å². The first-order valence-electron chi connectivity index (χ1n) is 8.28. The molecule has 1 amide bonds. The van der Waals surface area contributed by atoms with Crippen molar-refractivity contribution in [3.05, 3.63) is 72.3 Å². The molecule has 0 fully saturated rings. The van der Waals surface area contributed by atoms with Crippen LogP contribution in [-0.4, -0.2) is 24.7 Å². The Morgan fingerprint density at radius 3 is 2.74 bits per heavy atom. The molecule has 0 spiro atoms. The van der Waals surface area contributed by atoms with Gasteiger partial charge in [0.1, 0.15) is 18.1 Å². The van der Waals surface area contributed by atoms with Crippen molar-refractivity contribution < 1.29 is 14.3 Å². The Kier molecular flexibility index (Phi) is 7.58. The maximum absolute atomic E-state index is 12.1. The number of hydrogen-bond acceptors (Lipinski definition) is 4. The van der Waals surface area contributed by atoms with E-state index in [1.807, 2.05) is 49.4 Å². The van der Waals surface area contributed by atoms with Crippen LogP contribution in [0.15, 0.2) is 66.8 Å². The largest absolute Gasteiger partial charge is 0.496 e. The number of carbonyl (C=O) groups excluding carboxylic acids is 1. The van der Waals surface area contributed by atoms with Crippen LogP contribution in [0, 0.1) is 0 Å². The second-order valence-electron chi connectivity index (χ2n) is 5.79. The van der Waals surface area contributed by atoms with E-state index in [9.17, 15) is 4.79 Å². The zero-order valence-electron chi connectivity index (χ0n) is 15.3. The Bertz CT molecular complexity index is 862. The number of nitrogens with one attached hydrogen (secondary N) is 2. The molecule has 2 aromatic carbocycles. The summed E-state index contributed by atoms with van der Waals surface area (Å²) in [5.74, 6) is 1.04. The Balaban J connectivity index is 1.91. The van der Waals surface area contributed by atoms with Crippen LogP contribution in [0.4, 0.5) is 5.69 Å². The third kappa shape index (κ3) is 6.95. The minimum absolute atomic E-state index is 0.196. The molecule has 0 aliphatic rings. The van der Waals surface area contributed by atoms with E-state index in [4.69, 9.17) is 21.7 Å². The summed E-state index contributed by atoms with van der Waals surface area (Å²) in [7, 11) is 1.58. The maximum atomic E-state index is 12.1. The molecule has 2 aromatic rings. The first-order chi connectivity index (χ1) is 13.0. The minimum Gasteiger partial charge on any atom is -0.496 e. The van der Waals surface area contributed by atoms with E-state index >= 15 is 0 Å². The van der Waals surface area contributed by atoms with Gasteiger partial charge in [-0.15, -0.1) is 0 Å². The van der Waals surface area contributed by atoms with E-state index in [2.05, 4.69) is 17.2 Å². The molecule has 0 aliphatic heterocycles. The molecule has 0 heterocycles. The second kappa shape index (κ2) is 10.1. The third-order valence-corrected chi connectivity index (χ3v) is 3.57. The average molecular weight is 382 g/mol. The molecule has 2 rings (SSSR count). The van der Waals surface area contributed by atoms with Crippen molar-refractivity contribution in [1.82, 2.24) is 5.32 Å². The lowest BCUT2D eigenvalue weighted by Gasteiger charge is -2.11. The molecule has 0 aromatic heterocycles. The molecule has 6 heteroatoms. The minimum atomic E-state index is -0.340. The molecule has 2 N–H and O–H groups in total. The van der Waals surface area contributed by atoms with Gasteiger partial charge in [0, 0.05) is 23.4 Å². The number of anilines is 1. The number of carbonyl (C=O) groups is 1. The van der Waals surface area contributed by atoms with Gasteiger partial charge in [-0.2, -0.15) is 0 Å². The van der Waals surface area contributed by atoms with Crippen LogP contribution in [0.3, 0.4) is 0 Å². The fourth-order valence-corrected chi connectivity index (χ4v) is 2.37. The highest BCUT2D eigenvalue weighted by Crippen LogP contribution is 2.19. The molecule has 0 saturated carbocycles. The van der Waals surface area contributed by atoms with Crippen LogP contribution in [-0.2, 0) is 4.79 Å². The summed E-state index contributed by atoms with van der Waals surface area (Å²) >= 11 is 5.18. The average Bonchev–Trinajstić information content (AvgIpc) is 2.65. The molecule has 0 saturated heterocycles. The zero-order chi connectivity index (χ0) is 19.6. The molecule has 0 aliphatic carbocycles. The number of rotatable bonds is 7. The number of thiocarbonyl (C=S) groups is 1. The maximum Gasteiger partial charge on any atom is 0.250 e. The number of benzene rings is 2. The molecule has 0 unspecified atom stereocenters. The summed E-state index contributed by atoms with van der Waals surface area (Å²) in [6.45, 7) is 6.14. The van der Waals surface area contributed by atoms with E-state index in [-0.39, 0.29) is 11.0 Å². The van der Waals surface area contributed by atoms with Crippen molar-refractivity contribution in [2.24, 2.45) is 0 Å². The van der Waals surface area contributed by atoms with Crippen LogP contribution >= 0.6 is 12.2 Å². The second-order valence-corrected chi connectivity index (χ2v) is 6.20. The molecule has 140 valence electrons. The van der Waals surface area contributed by atoms with Gasteiger partial charge in [0.25, 0.3) is 0 Å². The van der Waals surface area contributed by atoms with E-state index in [0.717, 1.165) is 11.1 Å². The number of ether oxygens (including phenoxy) is 2. The van der Waals surface area contributed by atoms with Crippen molar-refractivity contribution in [2.75, 3.05) is 19.0 Å². The Labute approximate surface area is 164 Å². The van der Waals surface area contributed by atoms with Gasteiger partial charge in [0.15, 0.2) is 5.11 Å². The van der Waals surface area contributed by atoms with Crippen molar-refractivity contribution >= 4 is 35.0 Å². The quantitative estimate of drug-likeness (QED) is 0.427. The molecule has 5 nitrogen and oxygen atoms in total. The first kappa shape index (κ1) is 20.2. The van der Waals surface area contributed by atoms with Crippen LogP contribution < -0.4 is 20.1 Å². The van der Waals surface area contributed by atoms with Crippen LogP contribution in [0.2, 0.25) is 0 Å². The van der Waals surface area contributed by atoms with Gasteiger partial charge in [-0.05, 0) is 49.0 Å². The number of hydrogen-bond donors (Lipinski definition) is 2. The molecule has 0 radical (unpaired) electrons. The lowest BCUT2D eigenvalue weighted by molar-refractivity contribution is -0.115. The van der Waals surface area contributed by atoms with Crippen LogP contribution in [0.5, 0.6) is 11.5 Å². The standard InChI is InChI=1S/C21H22N2O3S/c1-15(2)14-26-18-9-6-8-17(13-18)22-21(27)23-20(24)12-11-16-7-4-5-10-19(16)25-3/h4-13H,1,14H2,2-3H3,(H2,22,23,24,27)/b12-11+. The fourth-order valence-electron chi connectivity index (χ4n) is 2.16. The van der Waals surface area contributed by atoms with Crippen molar-refractivity contribution in [3.63, 3.8) is 0 Å². The topological polar surface area (TPSA) is 59.6 Å². The van der Waals surface area contributed by atoms with E-state index in [1.165, 1.54) is 6.08 Å². The third-order valence-electron chi connectivity index (χ3n) is 3.37. The first-order valence-corrected chi connectivity index (χ1v) is 8.69. The predicted octanol–water partition coefficient (Wildman–Crippen LogP) is 4.18. The normalized spacial score (nSPS) is 10.3. The summed E-state index contributed by atoms with van der Waals surface area (Å²) in [6, 6.07) is 14.7. The SMILES string of the molecule is C=C(C)COc1cccc(NC(=S)NC(=O)/C=C/c2ccccc2OC)c1. The number of para-hydroxylation sites is 1. The smallest absolute Gasteiger partial charge is 0.250 e. The highest BCUT2D eigenvalue weighted by molar-refractivity contribution is 7.80. The molecular formula is C21H22N2O3S. The van der Waals surface area contributed by atoms with Gasteiger partial charge in [0.05, 0.1) is 7.11 Å². The number of amides is 1. The summed E-state index contributed by atoms with van der Waals surface area (Å²) in [6.07, 6.45) is 3.07. The predicted molar refractivity (Wildman–Crippen MR) is 113 cm³/mol. The van der Waals surface area contributed by atoms with Crippen LogP contribution in [0.1, 0.15) is 12.5 Å². The van der Waals surface area contributed by atoms with E-state index < -0.39 is 0 Å². The van der Waals surface area contributed by atoms with E-state index in [0.29, 0.717) is 23.8 Å². The monoisotopic (exact) mass is 382 g/mol. The summed E-state index contributed by atoms with van der Waals surface area (Å²) in [5.41, 5.74) is 2.45. The summed E-state index contributed by atoms with van der Waals surface area (Å²) < 4.78 is 10.8. The van der Waals surface area contributed by atoms with E-state index in [1.54, 1.807) is 19.3 Å². The van der Waals surface area contributed by atoms with Gasteiger partial charge in [0.2, 0.25) is 5.91 Å². The molecular weight excluding hydrogens is 360 g/mol. The molecule has 0 atom stereocenters. The van der Waals surface area contributed by atoms with Crippen LogP contribution in [0.25, 0.3) is 6.08 Å². The highest BCUT2D eigenvalue weighted by Gasteiger charge is 2.04. The Morgan fingerprint density at radius 1 is 1.22 bits per heavy atom. The Hall–Kier alpha value is -3.12. The Morgan fingerprint density at radius 2 is 2.00 bits per heavy atom. The van der Waals surface area contributed by atoms with Gasteiger partial charge < -0.3 is 14.8 Å². The zero-order valence-corrected chi connectivity index (χ0v) is 16.1. The molecule has 0 bridgehead atoms.